The molecule has 9 heteroatoms. The molecule has 0 fully saturated rings. The van der Waals surface area contributed by atoms with Gasteiger partial charge in [0.25, 0.3) is 0 Å². The highest BCUT2D eigenvalue weighted by atomic mass is 19.4. The molecule has 4 rings (SSSR count). The fourth-order valence-electron chi connectivity index (χ4n) is 3.19. The molecule has 0 bridgehead atoms. The SMILES string of the molecule is CNc1nc(-c2cccnc2)nc2c(OC)cc(-c3ccc(OC(F)(F)F)cc3)cc12. The van der Waals surface area contributed by atoms with Crippen LogP contribution in [0.5, 0.6) is 11.5 Å². The lowest BCUT2D eigenvalue weighted by atomic mass is 10.0. The number of halogens is 3. The molecule has 2 aromatic heterocycles. The molecule has 0 spiro atoms. The largest absolute Gasteiger partial charge is 0.573 e. The van der Waals surface area contributed by atoms with Crippen LogP contribution < -0.4 is 14.8 Å². The average molecular weight is 426 g/mol. The van der Waals surface area contributed by atoms with Crippen molar-refractivity contribution >= 4 is 16.7 Å². The molecule has 0 amide bonds. The highest BCUT2D eigenvalue weighted by Crippen LogP contribution is 2.36. The van der Waals surface area contributed by atoms with Gasteiger partial charge in [-0.15, -0.1) is 13.2 Å². The first kappa shape index (κ1) is 20.4. The summed E-state index contributed by atoms with van der Waals surface area (Å²) in [6.07, 6.45) is -1.40. The van der Waals surface area contributed by atoms with Crippen LogP contribution in [0.3, 0.4) is 0 Å². The maximum Gasteiger partial charge on any atom is 0.573 e. The molecule has 0 aliphatic carbocycles. The lowest BCUT2D eigenvalue weighted by Gasteiger charge is -2.14. The summed E-state index contributed by atoms with van der Waals surface area (Å²) < 4.78 is 46.7. The zero-order chi connectivity index (χ0) is 22.0. The molecular weight excluding hydrogens is 409 g/mol. The van der Waals surface area contributed by atoms with Gasteiger partial charge in [-0.3, -0.25) is 4.98 Å². The van der Waals surface area contributed by atoms with Crippen molar-refractivity contribution in [1.29, 1.82) is 0 Å². The minimum Gasteiger partial charge on any atom is -0.494 e. The summed E-state index contributed by atoms with van der Waals surface area (Å²) in [4.78, 5) is 13.4. The maximum absolute atomic E-state index is 12.4. The first-order valence-corrected chi connectivity index (χ1v) is 9.22. The van der Waals surface area contributed by atoms with E-state index >= 15 is 0 Å². The van der Waals surface area contributed by atoms with Crippen LogP contribution in [0, 0.1) is 0 Å². The van der Waals surface area contributed by atoms with Crippen LogP contribution in [0.2, 0.25) is 0 Å². The molecular formula is C22H17F3N4O2. The number of aromatic nitrogens is 3. The Kier molecular flexibility index (Phi) is 5.33. The van der Waals surface area contributed by atoms with Crippen LogP contribution in [0.1, 0.15) is 0 Å². The van der Waals surface area contributed by atoms with Crippen molar-refractivity contribution in [3.8, 4) is 34.0 Å². The topological polar surface area (TPSA) is 69.2 Å². The van der Waals surface area contributed by atoms with Gasteiger partial charge in [0.05, 0.1) is 7.11 Å². The summed E-state index contributed by atoms with van der Waals surface area (Å²) in [6, 6.07) is 12.9. The molecule has 2 heterocycles. The van der Waals surface area contributed by atoms with Crippen LogP contribution in [0.25, 0.3) is 33.4 Å². The van der Waals surface area contributed by atoms with Gasteiger partial charge in [-0.1, -0.05) is 12.1 Å². The van der Waals surface area contributed by atoms with Crippen molar-refractivity contribution in [2.24, 2.45) is 0 Å². The van der Waals surface area contributed by atoms with Crippen molar-refractivity contribution in [3.63, 3.8) is 0 Å². The van der Waals surface area contributed by atoms with Gasteiger partial charge in [-0.05, 0) is 47.5 Å². The number of alkyl halides is 3. The maximum atomic E-state index is 12.4. The first-order valence-electron chi connectivity index (χ1n) is 9.22. The predicted molar refractivity (Wildman–Crippen MR) is 111 cm³/mol. The molecule has 0 atom stereocenters. The summed E-state index contributed by atoms with van der Waals surface area (Å²) >= 11 is 0. The van der Waals surface area contributed by atoms with E-state index in [2.05, 4.69) is 25.0 Å². The fraction of sp³-hybridized carbons (Fsp3) is 0.136. The second-order valence-electron chi connectivity index (χ2n) is 6.53. The quantitative estimate of drug-likeness (QED) is 0.467. The number of nitrogens with zero attached hydrogens (tertiary/aromatic N) is 3. The lowest BCUT2D eigenvalue weighted by molar-refractivity contribution is -0.274. The Morgan fingerprint density at radius 2 is 1.71 bits per heavy atom. The molecule has 6 nitrogen and oxygen atoms in total. The minimum atomic E-state index is -4.74. The number of methoxy groups -OCH3 is 1. The van der Waals surface area contributed by atoms with Crippen molar-refractivity contribution in [2.75, 3.05) is 19.5 Å². The Hall–Kier alpha value is -3.88. The van der Waals surface area contributed by atoms with E-state index in [0.717, 1.165) is 11.1 Å². The number of rotatable bonds is 5. The minimum absolute atomic E-state index is 0.288. The molecule has 2 aromatic carbocycles. The Bertz CT molecular complexity index is 1210. The summed E-state index contributed by atoms with van der Waals surface area (Å²) in [5.41, 5.74) is 2.78. The number of pyridine rings is 1. The molecule has 0 unspecified atom stereocenters. The highest BCUT2D eigenvalue weighted by molar-refractivity contribution is 5.97. The van der Waals surface area contributed by atoms with Crippen LogP contribution in [0.4, 0.5) is 19.0 Å². The molecule has 0 saturated carbocycles. The second-order valence-corrected chi connectivity index (χ2v) is 6.53. The van der Waals surface area contributed by atoms with Gasteiger partial charge >= 0.3 is 6.36 Å². The van der Waals surface area contributed by atoms with E-state index in [9.17, 15) is 13.2 Å². The first-order chi connectivity index (χ1) is 14.9. The van der Waals surface area contributed by atoms with E-state index < -0.39 is 6.36 Å². The number of hydrogen-bond acceptors (Lipinski definition) is 6. The number of anilines is 1. The Balaban J connectivity index is 1.82. The van der Waals surface area contributed by atoms with Crippen molar-refractivity contribution in [3.05, 3.63) is 60.9 Å². The van der Waals surface area contributed by atoms with E-state index in [0.29, 0.717) is 33.9 Å². The Morgan fingerprint density at radius 3 is 2.32 bits per heavy atom. The van der Waals surface area contributed by atoms with Gasteiger partial charge in [0.15, 0.2) is 5.82 Å². The number of ether oxygens (including phenoxy) is 2. The van der Waals surface area contributed by atoms with Gasteiger partial charge < -0.3 is 14.8 Å². The molecule has 0 aliphatic rings. The number of fused-ring (bicyclic) bond motifs is 1. The third kappa shape index (κ3) is 4.35. The molecule has 158 valence electrons. The molecule has 0 aliphatic heterocycles. The monoisotopic (exact) mass is 426 g/mol. The zero-order valence-electron chi connectivity index (χ0n) is 16.6. The van der Waals surface area contributed by atoms with E-state index in [1.165, 1.54) is 19.2 Å². The predicted octanol–water partition coefficient (Wildman–Crippen LogP) is 5.31. The number of nitrogens with one attached hydrogen (secondary N) is 1. The summed E-state index contributed by atoms with van der Waals surface area (Å²) in [7, 11) is 3.28. The lowest BCUT2D eigenvalue weighted by Crippen LogP contribution is -2.16. The van der Waals surface area contributed by atoms with Gasteiger partial charge in [-0.25, -0.2) is 9.97 Å². The van der Waals surface area contributed by atoms with Crippen LogP contribution in [-0.2, 0) is 0 Å². The smallest absolute Gasteiger partial charge is 0.494 e. The van der Waals surface area contributed by atoms with Crippen molar-refractivity contribution in [2.45, 2.75) is 6.36 Å². The Labute approximate surface area is 175 Å². The zero-order valence-corrected chi connectivity index (χ0v) is 16.6. The van der Waals surface area contributed by atoms with Crippen LogP contribution >= 0.6 is 0 Å². The van der Waals surface area contributed by atoms with Gasteiger partial charge in [0.2, 0.25) is 0 Å². The third-order valence-corrected chi connectivity index (χ3v) is 4.56. The van der Waals surface area contributed by atoms with Gasteiger partial charge in [0, 0.05) is 30.4 Å². The normalized spacial score (nSPS) is 11.4. The highest BCUT2D eigenvalue weighted by Gasteiger charge is 2.31. The Morgan fingerprint density at radius 1 is 0.935 bits per heavy atom. The summed E-state index contributed by atoms with van der Waals surface area (Å²) in [5.74, 6) is 1.29. The molecule has 1 N–H and O–H groups in total. The van der Waals surface area contributed by atoms with Crippen molar-refractivity contribution in [1.82, 2.24) is 15.0 Å². The number of hydrogen-bond donors (Lipinski definition) is 1. The van der Waals surface area contributed by atoms with E-state index in [1.54, 1.807) is 43.7 Å². The van der Waals surface area contributed by atoms with Crippen LogP contribution in [0.15, 0.2) is 60.9 Å². The molecule has 31 heavy (non-hydrogen) atoms. The second kappa shape index (κ2) is 8.10. The van der Waals surface area contributed by atoms with Crippen molar-refractivity contribution < 1.29 is 22.6 Å². The van der Waals surface area contributed by atoms with E-state index in [4.69, 9.17) is 4.74 Å². The summed E-state index contributed by atoms with van der Waals surface area (Å²) in [6.45, 7) is 0. The van der Waals surface area contributed by atoms with Gasteiger partial charge in [0.1, 0.15) is 22.8 Å². The van der Waals surface area contributed by atoms with Gasteiger partial charge in [-0.2, -0.15) is 0 Å². The van der Waals surface area contributed by atoms with Crippen LogP contribution in [-0.4, -0.2) is 35.5 Å². The molecule has 0 saturated heterocycles. The van der Waals surface area contributed by atoms with E-state index in [1.807, 2.05) is 12.1 Å². The average Bonchev–Trinajstić information content (AvgIpc) is 2.77. The van der Waals surface area contributed by atoms with E-state index in [-0.39, 0.29) is 5.75 Å². The number of benzene rings is 2. The molecule has 0 radical (unpaired) electrons. The molecule has 4 aromatic rings. The standard InChI is InChI=1S/C22H17F3N4O2/c1-26-21-17-10-15(13-5-7-16(8-6-13)31-22(23,24)25)11-18(30-2)19(17)28-20(29-21)14-4-3-9-27-12-14/h3-12H,1-2H3,(H,26,28,29). The third-order valence-electron chi connectivity index (χ3n) is 4.56. The summed E-state index contributed by atoms with van der Waals surface area (Å²) in [5, 5.41) is 3.78. The fourth-order valence-corrected chi connectivity index (χ4v) is 3.19.